The molecule has 1 N–H and O–H groups in total. The molecule has 2 aliphatic rings. The summed E-state index contributed by atoms with van der Waals surface area (Å²) in [6.45, 7) is 10.7. The van der Waals surface area contributed by atoms with E-state index in [0.29, 0.717) is 6.04 Å². The third-order valence-corrected chi connectivity index (χ3v) is 5.48. The average Bonchev–Trinajstić information content (AvgIpc) is 3.01. The molecule has 0 spiro atoms. The van der Waals surface area contributed by atoms with Gasteiger partial charge in [0.2, 0.25) is 0 Å². The first-order valence-electron chi connectivity index (χ1n) is 7.65. The number of methoxy groups -OCH3 is 1. The third-order valence-electron chi connectivity index (χ3n) is 5.48. The molecule has 0 bridgehead atoms. The first kappa shape index (κ1) is 13.9. The molecule has 110 valence electrons. The summed E-state index contributed by atoms with van der Waals surface area (Å²) >= 11 is 0. The number of likely N-dealkylation sites (tertiary alicyclic amines) is 1. The summed E-state index contributed by atoms with van der Waals surface area (Å²) in [5, 5.41) is 3.55. The predicted octanol–water partition coefficient (Wildman–Crippen LogP) is 2.69. The van der Waals surface area contributed by atoms with Crippen molar-refractivity contribution < 1.29 is 4.74 Å². The summed E-state index contributed by atoms with van der Waals surface area (Å²) < 4.78 is 5.25. The molecule has 0 aliphatic carbocycles. The van der Waals surface area contributed by atoms with Crippen LogP contribution in [0.15, 0.2) is 24.3 Å². The molecule has 3 unspecified atom stereocenters. The molecule has 3 heteroatoms. The van der Waals surface area contributed by atoms with Crippen LogP contribution in [0.1, 0.15) is 32.4 Å². The van der Waals surface area contributed by atoms with E-state index in [9.17, 15) is 0 Å². The van der Waals surface area contributed by atoms with Gasteiger partial charge < -0.3 is 10.1 Å². The van der Waals surface area contributed by atoms with Gasteiger partial charge in [-0.05, 0) is 56.8 Å². The highest BCUT2D eigenvalue weighted by Gasteiger charge is 2.50. The molecule has 3 atom stereocenters. The number of nitrogens with one attached hydrogen (secondary N) is 1. The summed E-state index contributed by atoms with van der Waals surface area (Å²) in [6, 6.07) is 8.99. The minimum absolute atomic E-state index is 0.271. The summed E-state index contributed by atoms with van der Waals surface area (Å²) in [5.74, 6) is 2.52. The van der Waals surface area contributed by atoms with Crippen molar-refractivity contribution in [2.45, 2.75) is 32.4 Å². The Morgan fingerprint density at radius 1 is 1.25 bits per heavy atom. The zero-order valence-electron chi connectivity index (χ0n) is 13.0. The molecule has 1 aromatic rings. The number of hydrogen-bond donors (Lipinski definition) is 1. The SMILES string of the molecule is COc1ccc(C(C)N2CC3CNCC3C2(C)C)cc1. The van der Waals surface area contributed by atoms with E-state index in [1.807, 2.05) is 0 Å². The molecule has 3 nitrogen and oxygen atoms in total. The van der Waals surface area contributed by atoms with E-state index in [0.717, 1.165) is 17.6 Å². The molecule has 0 aromatic heterocycles. The molecular formula is C17H26N2O. The molecule has 2 aliphatic heterocycles. The Bertz CT molecular complexity index is 468. The van der Waals surface area contributed by atoms with Crippen molar-refractivity contribution in [1.82, 2.24) is 10.2 Å². The Kier molecular flexibility index (Phi) is 3.51. The third kappa shape index (κ3) is 2.13. The van der Waals surface area contributed by atoms with Crippen molar-refractivity contribution in [1.29, 1.82) is 0 Å². The lowest BCUT2D eigenvalue weighted by Gasteiger charge is -2.40. The van der Waals surface area contributed by atoms with Crippen molar-refractivity contribution in [2.75, 3.05) is 26.7 Å². The van der Waals surface area contributed by atoms with Gasteiger partial charge in [-0.25, -0.2) is 0 Å². The quantitative estimate of drug-likeness (QED) is 0.917. The maximum atomic E-state index is 5.25. The van der Waals surface area contributed by atoms with E-state index in [-0.39, 0.29) is 5.54 Å². The molecule has 0 amide bonds. The number of hydrogen-bond acceptors (Lipinski definition) is 3. The van der Waals surface area contributed by atoms with Crippen LogP contribution in [0.3, 0.4) is 0 Å². The molecular weight excluding hydrogens is 248 g/mol. The fourth-order valence-corrected chi connectivity index (χ4v) is 4.17. The maximum absolute atomic E-state index is 5.25. The monoisotopic (exact) mass is 274 g/mol. The zero-order valence-corrected chi connectivity index (χ0v) is 13.0. The van der Waals surface area contributed by atoms with Crippen molar-refractivity contribution >= 4 is 0 Å². The summed E-state index contributed by atoms with van der Waals surface area (Å²) in [6.07, 6.45) is 0. The first-order chi connectivity index (χ1) is 9.54. The molecule has 20 heavy (non-hydrogen) atoms. The number of benzene rings is 1. The Morgan fingerprint density at radius 2 is 1.95 bits per heavy atom. The van der Waals surface area contributed by atoms with Crippen LogP contribution in [0.25, 0.3) is 0 Å². The lowest BCUT2D eigenvalue weighted by Crippen LogP contribution is -2.45. The van der Waals surface area contributed by atoms with Crippen LogP contribution < -0.4 is 10.1 Å². The van der Waals surface area contributed by atoms with Crippen molar-refractivity contribution in [3.05, 3.63) is 29.8 Å². The van der Waals surface area contributed by atoms with Gasteiger partial charge in [0.15, 0.2) is 0 Å². The summed E-state index contributed by atoms with van der Waals surface area (Å²) in [5.41, 5.74) is 1.65. The Balaban J connectivity index is 1.81. The van der Waals surface area contributed by atoms with E-state index in [4.69, 9.17) is 4.74 Å². The molecule has 2 saturated heterocycles. The van der Waals surface area contributed by atoms with Crippen LogP contribution in [0.5, 0.6) is 5.75 Å². The Hall–Kier alpha value is -1.06. The minimum atomic E-state index is 0.271. The van der Waals surface area contributed by atoms with Crippen LogP contribution in [-0.2, 0) is 0 Å². The second-order valence-electron chi connectivity index (χ2n) is 6.78. The highest BCUT2D eigenvalue weighted by molar-refractivity contribution is 5.29. The smallest absolute Gasteiger partial charge is 0.118 e. The van der Waals surface area contributed by atoms with Gasteiger partial charge in [-0.3, -0.25) is 4.90 Å². The van der Waals surface area contributed by atoms with Gasteiger partial charge in [0.05, 0.1) is 7.11 Å². The van der Waals surface area contributed by atoms with Crippen LogP contribution in [-0.4, -0.2) is 37.2 Å². The van der Waals surface area contributed by atoms with Gasteiger partial charge in [0.1, 0.15) is 5.75 Å². The van der Waals surface area contributed by atoms with Gasteiger partial charge in [-0.2, -0.15) is 0 Å². The fourth-order valence-electron chi connectivity index (χ4n) is 4.17. The van der Waals surface area contributed by atoms with Gasteiger partial charge in [-0.1, -0.05) is 12.1 Å². The average molecular weight is 274 g/mol. The van der Waals surface area contributed by atoms with Crippen LogP contribution in [0, 0.1) is 11.8 Å². The van der Waals surface area contributed by atoms with E-state index >= 15 is 0 Å². The summed E-state index contributed by atoms with van der Waals surface area (Å²) in [4.78, 5) is 2.69. The van der Waals surface area contributed by atoms with Gasteiger partial charge >= 0.3 is 0 Å². The topological polar surface area (TPSA) is 24.5 Å². The number of fused-ring (bicyclic) bond motifs is 1. The standard InChI is InChI=1S/C17H26N2O/c1-12(13-5-7-15(20-4)8-6-13)19-11-14-9-18-10-16(14)17(19,2)3/h5-8,12,14,16,18H,9-11H2,1-4H3. The lowest BCUT2D eigenvalue weighted by atomic mass is 9.84. The predicted molar refractivity (Wildman–Crippen MR) is 82.0 cm³/mol. The molecule has 2 heterocycles. The normalized spacial score (nSPS) is 30.2. The second-order valence-corrected chi connectivity index (χ2v) is 6.78. The zero-order chi connectivity index (χ0) is 14.3. The minimum Gasteiger partial charge on any atom is -0.497 e. The molecule has 1 aromatic carbocycles. The fraction of sp³-hybridized carbons (Fsp3) is 0.647. The van der Waals surface area contributed by atoms with E-state index in [1.54, 1.807) is 7.11 Å². The second kappa shape index (κ2) is 5.05. The van der Waals surface area contributed by atoms with Crippen molar-refractivity contribution in [3.8, 4) is 5.75 Å². The Morgan fingerprint density at radius 3 is 2.55 bits per heavy atom. The van der Waals surface area contributed by atoms with Gasteiger partial charge in [0.25, 0.3) is 0 Å². The number of nitrogens with zero attached hydrogens (tertiary/aromatic N) is 1. The van der Waals surface area contributed by atoms with Crippen molar-refractivity contribution in [3.63, 3.8) is 0 Å². The first-order valence-corrected chi connectivity index (χ1v) is 7.65. The largest absolute Gasteiger partial charge is 0.497 e. The highest BCUT2D eigenvalue weighted by Crippen LogP contribution is 2.44. The van der Waals surface area contributed by atoms with Gasteiger partial charge in [0, 0.05) is 24.7 Å². The lowest BCUT2D eigenvalue weighted by molar-refractivity contribution is 0.0970. The van der Waals surface area contributed by atoms with Crippen LogP contribution in [0.4, 0.5) is 0 Å². The number of ether oxygens (including phenoxy) is 1. The summed E-state index contributed by atoms with van der Waals surface area (Å²) in [7, 11) is 1.72. The number of rotatable bonds is 3. The highest BCUT2D eigenvalue weighted by atomic mass is 16.5. The Labute approximate surface area is 122 Å². The molecule has 0 saturated carbocycles. The van der Waals surface area contributed by atoms with Crippen LogP contribution in [0.2, 0.25) is 0 Å². The molecule has 2 fully saturated rings. The van der Waals surface area contributed by atoms with Gasteiger partial charge in [-0.15, -0.1) is 0 Å². The molecule has 3 rings (SSSR count). The maximum Gasteiger partial charge on any atom is 0.118 e. The van der Waals surface area contributed by atoms with E-state index in [1.165, 1.54) is 25.2 Å². The van der Waals surface area contributed by atoms with Crippen LogP contribution >= 0.6 is 0 Å². The van der Waals surface area contributed by atoms with E-state index < -0.39 is 0 Å². The van der Waals surface area contributed by atoms with Crippen molar-refractivity contribution in [2.24, 2.45) is 11.8 Å². The van der Waals surface area contributed by atoms with E-state index in [2.05, 4.69) is 55.3 Å². The molecule has 0 radical (unpaired) electrons.